The normalized spacial score (nSPS) is 14.9. The molecular weight excluding hydrogens is 484 g/mol. The van der Waals surface area contributed by atoms with E-state index in [0.29, 0.717) is 36.9 Å². The SMILES string of the molecule is COCCN(CC(=O)N1CCc2sccc2C1COc1ccccc1C)C(=O)c1cccc(Cl)c1. The zero-order chi connectivity index (χ0) is 24.8. The minimum atomic E-state index is -0.251. The van der Waals surface area contributed by atoms with E-state index in [9.17, 15) is 9.59 Å². The third kappa shape index (κ3) is 6.04. The second-order valence-corrected chi connectivity index (χ2v) is 9.90. The summed E-state index contributed by atoms with van der Waals surface area (Å²) < 4.78 is 11.4. The molecule has 0 spiro atoms. The van der Waals surface area contributed by atoms with Gasteiger partial charge in [0.05, 0.1) is 12.6 Å². The van der Waals surface area contributed by atoms with Crippen molar-refractivity contribution in [3.63, 3.8) is 0 Å². The Labute approximate surface area is 215 Å². The molecule has 2 aromatic carbocycles. The van der Waals surface area contributed by atoms with E-state index in [2.05, 4.69) is 11.4 Å². The first-order valence-corrected chi connectivity index (χ1v) is 12.8. The van der Waals surface area contributed by atoms with Gasteiger partial charge in [0.25, 0.3) is 5.91 Å². The van der Waals surface area contributed by atoms with E-state index in [4.69, 9.17) is 21.1 Å². The molecule has 1 aliphatic heterocycles. The molecule has 6 nitrogen and oxygen atoms in total. The van der Waals surface area contributed by atoms with Gasteiger partial charge in [-0.2, -0.15) is 0 Å². The Hall–Kier alpha value is -2.87. The van der Waals surface area contributed by atoms with Crippen LogP contribution in [-0.2, 0) is 16.0 Å². The monoisotopic (exact) mass is 512 g/mol. The number of methoxy groups -OCH3 is 1. The Balaban J connectivity index is 1.53. The van der Waals surface area contributed by atoms with Crippen LogP contribution < -0.4 is 4.74 Å². The largest absolute Gasteiger partial charge is 0.491 e. The van der Waals surface area contributed by atoms with Gasteiger partial charge in [-0.25, -0.2) is 0 Å². The van der Waals surface area contributed by atoms with Gasteiger partial charge in [0.15, 0.2) is 0 Å². The van der Waals surface area contributed by atoms with Crippen molar-refractivity contribution in [2.75, 3.05) is 40.0 Å². The summed E-state index contributed by atoms with van der Waals surface area (Å²) in [6.45, 7) is 3.52. The second-order valence-electron chi connectivity index (χ2n) is 8.46. The van der Waals surface area contributed by atoms with Crippen molar-refractivity contribution in [2.24, 2.45) is 0 Å². The van der Waals surface area contributed by atoms with Crippen LogP contribution in [0.2, 0.25) is 5.02 Å². The summed E-state index contributed by atoms with van der Waals surface area (Å²) in [4.78, 5) is 31.5. The highest BCUT2D eigenvalue weighted by Crippen LogP contribution is 2.34. The van der Waals surface area contributed by atoms with Gasteiger partial charge in [0.1, 0.15) is 18.9 Å². The van der Waals surface area contributed by atoms with E-state index in [0.717, 1.165) is 23.3 Å². The van der Waals surface area contributed by atoms with E-state index in [-0.39, 0.29) is 24.4 Å². The first-order chi connectivity index (χ1) is 17.0. The van der Waals surface area contributed by atoms with Gasteiger partial charge < -0.3 is 19.3 Å². The lowest BCUT2D eigenvalue weighted by Gasteiger charge is -2.37. The lowest BCUT2D eigenvalue weighted by molar-refractivity contribution is -0.135. The van der Waals surface area contributed by atoms with Crippen LogP contribution in [0, 0.1) is 6.92 Å². The van der Waals surface area contributed by atoms with Gasteiger partial charge >= 0.3 is 0 Å². The molecule has 0 bridgehead atoms. The number of para-hydroxylation sites is 1. The number of nitrogens with zero attached hydrogens (tertiary/aromatic N) is 2. The van der Waals surface area contributed by atoms with Crippen LogP contribution in [0.3, 0.4) is 0 Å². The number of carbonyl (C=O) groups is 2. The Kier molecular flexibility index (Phi) is 8.44. The lowest BCUT2D eigenvalue weighted by atomic mass is 10.00. The predicted molar refractivity (Wildman–Crippen MR) is 138 cm³/mol. The predicted octanol–water partition coefficient (Wildman–Crippen LogP) is 5.00. The minimum Gasteiger partial charge on any atom is -0.491 e. The van der Waals surface area contributed by atoms with E-state index >= 15 is 0 Å². The maximum atomic E-state index is 13.6. The number of amides is 2. The van der Waals surface area contributed by atoms with Crippen molar-refractivity contribution < 1.29 is 19.1 Å². The van der Waals surface area contributed by atoms with Crippen molar-refractivity contribution in [2.45, 2.75) is 19.4 Å². The fourth-order valence-electron chi connectivity index (χ4n) is 4.27. The summed E-state index contributed by atoms with van der Waals surface area (Å²) in [7, 11) is 1.57. The summed E-state index contributed by atoms with van der Waals surface area (Å²) in [6, 6.07) is 16.5. The van der Waals surface area contributed by atoms with Crippen LogP contribution >= 0.6 is 22.9 Å². The highest BCUT2D eigenvalue weighted by Gasteiger charge is 2.33. The number of carbonyl (C=O) groups excluding carboxylic acids is 2. The molecule has 0 radical (unpaired) electrons. The van der Waals surface area contributed by atoms with Crippen LogP contribution in [0.25, 0.3) is 0 Å². The lowest BCUT2D eigenvalue weighted by Crippen LogP contribution is -2.48. The molecule has 0 aliphatic carbocycles. The van der Waals surface area contributed by atoms with Crippen molar-refractivity contribution in [3.05, 3.63) is 86.6 Å². The fourth-order valence-corrected chi connectivity index (χ4v) is 5.39. The summed E-state index contributed by atoms with van der Waals surface area (Å²) >= 11 is 7.80. The standard InChI is InChI=1S/C27H29ClN2O4S/c1-19-6-3-4-9-24(19)34-18-23-22-11-15-35-25(22)10-12-30(23)26(31)17-29(13-14-33-2)27(32)20-7-5-8-21(28)16-20/h3-9,11,15-16,23H,10,12-14,17-18H2,1-2H3. The number of ether oxygens (including phenoxy) is 2. The van der Waals surface area contributed by atoms with E-state index in [1.54, 1.807) is 42.7 Å². The van der Waals surface area contributed by atoms with Crippen molar-refractivity contribution >= 4 is 34.8 Å². The molecule has 1 atom stereocenters. The maximum Gasteiger partial charge on any atom is 0.254 e. The number of aryl methyl sites for hydroxylation is 1. The van der Waals surface area contributed by atoms with Crippen LogP contribution in [-0.4, -0.2) is 61.6 Å². The molecule has 0 saturated heterocycles. The molecule has 1 unspecified atom stereocenters. The number of halogens is 1. The molecule has 2 heterocycles. The van der Waals surface area contributed by atoms with Gasteiger partial charge in [-0.15, -0.1) is 11.3 Å². The maximum absolute atomic E-state index is 13.6. The average molecular weight is 513 g/mol. The van der Waals surface area contributed by atoms with Gasteiger partial charge in [0, 0.05) is 35.7 Å². The molecule has 4 rings (SSSR count). The molecular formula is C27H29ClN2O4S. The van der Waals surface area contributed by atoms with Crippen molar-refractivity contribution in [1.82, 2.24) is 9.80 Å². The topological polar surface area (TPSA) is 59.1 Å². The Bertz CT molecular complexity index is 1180. The van der Waals surface area contributed by atoms with Gasteiger partial charge in [-0.05, 0) is 60.2 Å². The van der Waals surface area contributed by atoms with Gasteiger partial charge in [-0.1, -0.05) is 35.9 Å². The minimum absolute atomic E-state index is 0.0466. The Morgan fingerprint density at radius 2 is 2.00 bits per heavy atom. The first kappa shape index (κ1) is 25.2. The molecule has 0 fully saturated rings. The summed E-state index contributed by atoms with van der Waals surface area (Å²) in [6.07, 6.45) is 0.792. The quantitative estimate of drug-likeness (QED) is 0.404. The highest BCUT2D eigenvalue weighted by molar-refractivity contribution is 7.10. The third-order valence-corrected chi connectivity index (χ3v) is 7.39. The second kappa shape index (κ2) is 11.7. The molecule has 0 saturated carbocycles. The average Bonchev–Trinajstić information content (AvgIpc) is 3.34. The Morgan fingerprint density at radius 1 is 1.17 bits per heavy atom. The van der Waals surface area contributed by atoms with Crippen LogP contribution in [0.1, 0.15) is 32.4 Å². The first-order valence-electron chi connectivity index (χ1n) is 11.6. The number of thiophene rings is 1. The van der Waals surface area contributed by atoms with Crippen molar-refractivity contribution in [1.29, 1.82) is 0 Å². The van der Waals surface area contributed by atoms with Gasteiger partial charge in [-0.3, -0.25) is 9.59 Å². The number of hydrogen-bond acceptors (Lipinski definition) is 5. The molecule has 2 amide bonds. The molecule has 8 heteroatoms. The number of rotatable bonds is 9. The molecule has 35 heavy (non-hydrogen) atoms. The van der Waals surface area contributed by atoms with E-state index < -0.39 is 0 Å². The van der Waals surface area contributed by atoms with Crippen LogP contribution in [0.15, 0.2) is 60.0 Å². The molecule has 1 aromatic heterocycles. The highest BCUT2D eigenvalue weighted by atomic mass is 35.5. The van der Waals surface area contributed by atoms with E-state index in [1.807, 2.05) is 36.1 Å². The zero-order valence-corrected chi connectivity index (χ0v) is 21.5. The fraction of sp³-hybridized carbons (Fsp3) is 0.333. The smallest absolute Gasteiger partial charge is 0.254 e. The molecule has 3 aromatic rings. The summed E-state index contributed by atoms with van der Waals surface area (Å²) in [5, 5.41) is 2.54. The van der Waals surface area contributed by atoms with Crippen molar-refractivity contribution in [3.8, 4) is 5.75 Å². The Morgan fingerprint density at radius 3 is 2.77 bits per heavy atom. The van der Waals surface area contributed by atoms with E-state index in [1.165, 1.54) is 9.78 Å². The molecule has 1 aliphatic rings. The number of hydrogen-bond donors (Lipinski definition) is 0. The number of fused-ring (bicyclic) bond motifs is 1. The van der Waals surface area contributed by atoms with Crippen LogP contribution in [0.4, 0.5) is 0 Å². The molecule has 0 N–H and O–H groups in total. The summed E-state index contributed by atoms with van der Waals surface area (Å²) in [5.74, 6) is 0.436. The molecule has 184 valence electrons. The summed E-state index contributed by atoms with van der Waals surface area (Å²) in [5.41, 5.74) is 2.61. The number of benzene rings is 2. The zero-order valence-electron chi connectivity index (χ0n) is 19.9. The van der Waals surface area contributed by atoms with Gasteiger partial charge in [0.2, 0.25) is 5.91 Å². The third-order valence-electron chi connectivity index (χ3n) is 6.16. The van der Waals surface area contributed by atoms with Crippen LogP contribution in [0.5, 0.6) is 5.75 Å².